The van der Waals surface area contributed by atoms with Crippen molar-refractivity contribution in [1.82, 2.24) is 5.32 Å². The minimum Gasteiger partial charge on any atom is -0.310 e. The first-order valence-corrected chi connectivity index (χ1v) is 5.50. The minimum atomic E-state index is 0.374. The Hall–Kier alpha value is -0.0500. The minimum absolute atomic E-state index is 0.374. The summed E-state index contributed by atoms with van der Waals surface area (Å²) in [4.78, 5) is 0. The average Bonchev–Trinajstić information content (AvgIpc) is 2.10. The zero-order valence-electron chi connectivity index (χ0n) is 7.77. The van der Waals surface area contributed by atoms with E-state index >= 15 is 0 Å². The van der Waals surface area contributed by atoms with Gasteiger partial charge >= 0.3 is 0 Å². The molecule has 0 saturated carbocycles. The maximum atomic E-state index is 5.90. The highest BCUT2D eigenvalue weighted by Crippen LogP contribution is 2.25. The third-order valence-electron chi connectivity index (χ3n) is 1.95. The molecule has 0 fully saturated rings. The summed E-state index contributed by atoms with van der Waals surface area (Å²) in [6.45, 7) is 5.21. The summed E-state index contributed by atoms with van der Waals surface area (Å²) >= 11 is 9.30. The van der Waals surface area contributed by atoms with Crippen LogP contribution in [0.1, 0.15) is 25.5 Å². The first kappa shape index (κ1) is 11.0. The maximum Gasteiger partial charge on any atom is 0.0548 e. The summed E-state index contributed by atoms with van der Waals surface area (Å²) in [5.74, 6) is 0. The fourth-order valence-electron chi connectivity index (χ4n) is 1.21. The second-order valence-corrected chi connectivity index (χ2v) is 4.21. The summed E-state index contributed by atoms with van der Waals surface area (Å²) < 4.78 is 0.955. The molecule has 3 heteroatoms. The van der Waals surface area contributed by atoms with Crippen LogP contribution < -0.4 is 5.32 Å². The Morgan fingerprint density at radius 1 is 1.54 bits per heavy atom. The first-order valence-electron chi connectivity index (χ1n) is 4.33. The van der Waals surface area contributed by atoms with Gasteiger partial charge in [0.25, 0.3) is 0 Å². The van der Waals surface area contributed by atoms with Gasteiger partial charge in [0.1, 0.15) is 0 Å². The first-order chi connectivity index (χ1) is 6.15. The molecule has 13 heavy (non-hydrogen) atoms. The summed E-state index contributed by atoms with van der Waals surface area (Å²) in [6, 6.07) is 6.38. The maximum absolute atomic E-state index is 5.90. The van der Waals surface area contributed by atoms with Crippen molar-refractivity contribution in [3.05, 3.63) is 33.3 Å². The van der Waals surface area contributed by atoms with Crippen LogP contribution in [-0.4, -0.2) is 6.54 Å². The van der Waals surface area contributed by atoms with Crippen LogP contribution in [0.3, 0.4) is 0 Å². The Kier molecular flexibility index (Phi) is 4.23. The molecule has 0 amide bonds. The fraction of sp³-hybridized carbons (Fsp3) is 0.400. The molecule has 1 unspecified atom stereocenters. The standard InChI is InChI=1S/C10H13BrClN/c1-3-13-7(2)8-4-5-10(12)9(11)6-8/h4-7,13H,3H2,1-2H3. The van der Waals surface area contributed by atoms with E-state index in [9.17, 15) is 0 Å². The van der Waals surface area contributed by atoms with Crippen LogP contribution in [0, 0.1) is 0 Å². The normalized spacial score (nSPS) is 12.9. The zero-order valence-corrected chi connectivity index (χ0v) is 10.1. The molecular weight excluding hydrogens is 249 g/mol. The molecule has 1 aromatic carbocycles. The molecule has 1 nitrogen and oxygen atoms in total. The quantitative estimate of drug-likeness (QED) is 0.874. The van der Waals surface area contributed by atoms with Gasteiger partial charge in [0.2, 0.25) is 0 Å². The van der Waals surface area contributed by atoms with Gasteiger partial charge in [-0.1, -0.05) is 24.6 Å². The number of hydrogen-bond donors (Lipinski definition) is 1. The summed E-state index contributed by atoms with van der Waals surface area (Å²) in [5.41, 5.74) is 1.25. The molecule has 0 aliphatic rings. The van der Waals surface area contributed by atoms with Crippen molar-refractivity contribution in [2.45, 2.75) is 19.9 Å². The number of halogens is 2. The van der Waals surface area contributed by atoms with E-state index in [-0.39, 0.29) is 0 Å². The fourth-order valence-corrected chi connectivity index (χ4v) is 1.72. The van der Waals surface area contributed by atoms with Crippen LogP contribution in [0.2, 0.25) is 5.02 Å². The smallest absolute Gasteiger partial charge is 0.0548 e. The zero-order chi connectivity index (χ0) is 9.84. The second kappa shape index (κ2) is 4.99. The van der Waals surface area contributed by atoms with Crippen molar-refractivity contribution in [1.29, 1.82) is 0 Å². The van der Waals surface area contributed by atoms with E-state index in [2.05, 4.69) is 41.2 Å². The summed E-state index contributed by atoms with van der Waals surface area (Å²) in [5, 5.41) is 4.10. The van der Waals surface area contributed by atoms with Crippen LogP contribution in [-0.2, 0) is 0 Å². The molecule has 0 aliphatic heterocycles. The van der Waals surface area contributed by atoms with Crippen LogP contribution in [0.25, 0.3) is 0 Å². The van der Waals surface area contributed by atoms with Gasteiger partial charge in [-0.15, -0.1) is 0 Å². The molecule has 0 heterocycles. The van der Waals surface area contributed by atoms with E-state index in [4.69, 9.17) is 11.6 Å². The molecular formula is C10H13BrClN. The van der Waals surface area contributed by atoms with Crippen LogP contribution in [0.4, 0.5) is 0 Å². The number of rotatable bonds is 3. The largest absolute Gasteiger partial charge is 0.310 e. The highest BCUT2D eigenvalue weighted by molar-refractivity contribution is 9.10. The van der Waals surface area contributed by atoms with Crippen molar-refractivity contribution >= 4 is 27.5 Å². The third-order valence-corrected chi connectivity index (χ3v) is 3.17. The van der Waals surface area contributed by atoms with Gasteiger partial charge in [-0.05, 0) is 47.1 Å². The lowest BCUT2D eigenvalue weighted by Crippen LogP contribution is -2.17. The van der Waals surface area contributed by atoms with E-state index in [0.717, 1.165) is 16.0 Å². The highest BCUT2D eigenvalue weighted by atomic mass is 79.9. The van der Waals surface area contributed by atoms with Crippen molar-refractivity contribution < 1.29 is 0 Å². The predicted molar refractivity (Wildman–Crippen MR) is 61.2 cm³/mol. The molecule has 1 rings (SSSR count). The van der Waals surface area contributed by atoms with Crippen molar-refractivity contribution in [2.75, 3.05) is 6.54 Å². The molecule has 0 saturated heterocycles. The van der Waals surface area contributed by atoms with E-state index in [1.165, 1.54) is 5.56 Å². The third kappa shape index (κ3) is 2.97. The molecule has 1 aromatic rings. The Balaban J connectivity index is 2.84. The average molecular weight is 263 g/mol. The molecule has 0 radical (unpaired) electrons. The molecule has 0 bridgehead atoms. The molecule has 0 aromatic heterocycles. The van der Waals surface area contributed by atoms with Crippen molar-refractivity contribution in [3.63, 3.8) is 0 Å². The monoisotopic (exact) mass is 261 g/mol. The molecule has 1 N–H and O–H groups in total. The van der Waals surface area contributed by atoms with Crippen molar-refractivity contribution in [3.8, 4) is 0 Å². The van der Waals surface area contributed by atoms with Gasteiger partial charge < -0.3 is 5.32 Å². The van der Waals surface area contributed by atoms with Crippen LogP contribution in [0.15, 0.2) is 22.7 Å². The number of nitrogens with one attached hydrogen (secondary N) is 1. The molecule has 0 spiro atoms. The van der Waals surface area contributed by atoms with Gasteiger partial charge in [-0.2, -0.15) is 0 Å². The van der Waals surface area contributed by atoms with Crippen molar-refractivity contribution in [2.24, 2.45) is 0 Å². The molecule has 1 atom stereocenters. The topological polar surface area (TPSA) is 12.0 Å². The van der Waals surface area contributed by atoms with Gasteiger partial charge in [-0.3, -0.25) is 0 Å². The van der Waals surface area contributed by atoms with Gasteiger partial charge in [-0.25, -0.2) is 0 Å². The van der Waals surface area contributed by atoms with E-state index in [1.54, 1.807) is 0 Å². The lowest BCUT2D eigenvalue weighted by molar-refractivity contribution is 0.598. The highest BCUT2D eigenvalue weighted by Gasteiger charge is 2.05. The van der Waals surface area contributed by atoms with E-state index < -0.39 is 0 Å². The Bertz CT molecular complexity index is 288. The second-order valence-electron chi connectivity index (χ2n) is 2.95. The number of hydrogen-bond acceptors (Lipinski definition) is 1. The Morgan fingerprint density at radius 3 is 2.77 bits per heavy atom. The van der Waals surface area contributed by atoms with Gasteiger partial charge in [0.05, 0.1) is 5.02 Å². The van der Waals surface area contributed by atoms with E-state index in [0.29, 0.717) is 6.04 Å². The summed E-state index contributed by atoms with van der Waals surface area (Å²) in [7, 11) is 0. The molecule has 0 aliphatic carbocycles. The van der Waals surface area contributed by atoms with Crippen LogP contribution in [0.5, 0.6) is 0 Å². The van der Waals surface area contributed by atoms with Crippen LogP contribution >= 0.6 is 27.5 Å². The summed E-state index contributed by atoms with van der Waals surface area (Å²) in [6.07, 6.45) is 0. The van der Waals surface area contributed by atoms with E-state index in [1.807, 2.05) is 12.1 Å². The Morgan fingerprint density at radius 2 is 2.23 bits per heavy atom. The Labute approximate surface area is 92.6 Å². The lowest BCUT2D eigenvalue weighted by Gasteiger charge is -2.13. The predicted octanol–water partition coefficient (Wildman–Crippen LogP) is 3.77. The van der Waals surface area contributed by atoms with Gasteiger partial charge in [0, 0.05) is 10.5 Å². The lowest BCUT2D eigenvalue weighted by atomic mass is 10.1. The van der Waals surface area contributed by atoms with Gasteiger partial charge in [0.15, 0.2) is 0 Å². The molecule has 72 valence electrons. The number of benzene rings is 1. The SMILES string of the molecule is CCNC(C)c1ccc(Cl)c(Br)c1.